The maximum absolute atomic E-state index is 12.5. The van der Waals surface area contributed by atoms with Gasteiger partial charge in [0.2, 0.25) is 21.8 Å². The molecule has 0 saturated carbocycles. The van der Waals surface area contributed by atoms with E-state index in [2.05, 4.69) is 30.1 Å². The molecular weight excluding hydrogens is 417 g/mol. The van der Waals surface area contributed by atoms with Crippen LogP contribution >= 0.6 is 0 Å². The molecule has 0 aliphatic carbocycles. The zero-order valence-electron chi connectivity index (χ0n) is 16.0. The van der Waals surface area contributed by atoms with Crippen LogP contribution in [0.25, 0.3) is 4.72 Å². The molecule has 0 fully saturated rings. The molecule has 1 aromatic heterocycles. The van der Waals surface area contributed by atoms with Gasteiger partial charge < -0.3 is 24.2 Å². The minimum atomic E-state index is -4.47. The van der Waals surface area contributed by atoms with Gasteiger partial charge in [-0.1, -0.05) is 12.1 Å². The number of carbonyl (C=O) groups excluding carboxylic acids is 2. The number of amides is 3. The topological polar surface area (TPSA) is 160 Å². The second kappa shape index (κ2) is 10.8. The quantitative estimate of drug-likeness (QED) is 0.543. The maximum Gasteiger partial charge on any atom is 1.00 e. The average Bonchev–Trinajstić information content (AvgIpc) is 2.67. The molecule has 2 rings (SSSR count). The van der Waals surface area contributed by atoms with Crippen LogP contribution in [0.15, 0.2) is 35.2 Å². The largest absolute Gasteiger partial charge is 1.00 e. The fourth-order valence-electron chi connectivity index (χ4n) is 1.90. The summed E-state index contributed by atoms with van der Waals surface area (Å²) in [6, 6.07) is 5.47. The number of ether oxygens (including phenoxy) is 3. The van der Waals surface area contributed by atoms with Crippen LogP contribution in [-0.4, -0.2) is 51.8 Å². The number of benzene rings is 1. The number of hydrogen-bond acceptors (Lipinski definition) is 9. The van der Waals surface area contributed by atoms with Crippen LogP contribution in [0.4, 0.5) is 21.2 Å². The molecule has 12 nitrogen and oxygen atoms in total. The molecule has 1 aromatic carbocycles. The molecule has 150 valence electrons. The van der Waals surface area contributed by atoms with E-state index in [1.54, 1.807) is 0 Å². The summed E-state index contributed by atoms with van der Waals surface area (Å²) in [6.45, 7) is 0. The number of rotatable bonds is 6. The van der Waals surface area contributed by atoms with E-state index >= 15 is 0 Å². The molecule has 0 spiro atoms. The minimum Gasteiger partial charge on any atom is -0.481 e. The summed E-state index contributed by atoms with van der Waals surface area (Å²) >= 11 is 0. The number of anilines is 2. The Morgan fingerprint density at radius 3 is 2.14 bits per heavy atom. The van der Waals surface area contributed by atoms with Gasteiger partial charge in [-0.3, -0.25) is 10.1 Å². The first-order valence-electron chi connectivity index (χ1n) is 7.49. The first kappa shape index (κ1) is 24.4. The van der Waals surface area contributed by atoms with E-state index in [0.717, 1.165) is 7.11 Å². The van der Waals surface area contributed by atoms with Crippen molar-refractivity contribution in [2.45, 2.75) is 4.90 Å². The molecule has 0 radical (unpaired) electrons. The predicted octanol–water partition coefficient (Wildman–Crippen LogP) is -1.03. The molecule has 0 aliphatic heterocycles. The molecule has 2 N–H and O–H groups in total. The molecule has 0 atom stereocenters. The fraction of sp³-hybridized carbons (Fsp3) is 0.200. The van der Waals surface area contributed by atoms with Crippen molar-refractivity contribution in [3.8, 4) is 11.8 Å². The van der Waals surface area contributed by atoms with E-state index in [4.69, 9.17) is 9.47 Å². The SMILES string of the molecule is COC(=O)Nc1ccccc1S(=O)(=O)[N-]C(=O)Nc1nc(OC)cc(OC)n1.[Na+]. The summed E-state index contributed by atoms with van der Waals surface area (Å²) in [7, 11) is -0.672. The second-order valence-electron chi connectivity index (χ2n) is 4.89. The van der Waals surface area contributed by atoms with Gasteiger partial charge in [-0.05, 0) is 12.1 Å². The van der Waals surface area contributed by atoms with E-state index in [0.29, 0.717) is 0 Å². The zero-order valence-corrected chi connectivity index (χ0v) is 18.8. The van der Waals surface area contributed by atoms with Crippen LogP contribution in [0.5, 0.6) is 11.8 Å². The van der Waals surface area contributed by atoms with Crippen molar-refractivity contribution in [1.82, 2.24) is 9.97 Å². The summed E-state index contributed by atoms with van der Waals surface area (Å²) < 4.78 is 42.4. The van der Waals surface area contributed by atoms with Crippen LogP contribution in [0, 0.1) is 0 Å². The van der Waals surface area contributed by atoms with Gasteiger partial charge in [0.15, 0.2) is 12.0 Å². The molecule has 1 heterocycles. The second-order valence-corrected chi connectivity index (χ2v) is 6.46. The minimum absolute atomic E-state index is 0. The van der Waals surface area contributed by atoms with Crippen LogP contribution in [-0.2, 0) is 14.8 Å². The Bertz CT molecular complexity index is 965. The van der Waals surface area contributed by atoms with E-state index in [1.807, 2.05) is 0 Å². The molecule has 29 heavy (non-hydrogen) atoms. The van der Waals surface area contributed by atoms with Gasteiger partial charge in [-0.25, -0.2) is 13.2 Å². The zero-order chi connectivity index (χ0) is 20.7. The number of nitrogens with zero attached hydrogens (tertiary/aromatic N) is 3. The summed E-state index contributed by atoms with van der Waals surface area (Å²) in [5.41, 5.74) is -0.106. The number of methoxy groups -OCH3 is 3. The molecule has 0 aliphatic rings. The fourth-order valence-corrected chi connectivity index (χ4v) is 2.91. The van der Waals surface area contributed by atoms with Crippen LogP contribution < -0.4 is 49.7 Å². The average molecular weight is 433 g/mol. The Morgan fingerprint density at radius 2 is 1.59 bits per heavy atom. The standard InChI is InChI=1S/C15H17N5O7S.Na/c1-25-11-8-12(26-2)18-13(17-11)19-14(21)20-28(23,24)10-7-5-4-6-9(10)16-15(22)27-3;/h4-8H,1-3H3,(H3,16,17,18,19,20,21,22);/q;+1/p-1. The third kappa shape index (κ3) is 6.74. The van der Waals surface area contributed by atoms with E-state index < -0.39 is 27.0 Å². The number of hydrogen-bond donors (Lipinski definition) is 2. The maximum atomic E-state index is 12.5. The molecule has 0 saturated heterocycles. The molecule has 14 heteroatoms. The normalized spacial score (nSPS) is 10.2. The van der Waals surface area contributed by atoms with Gasteiger partial charge in [0.05, 0.1) is 38.0 Å². The van der Waals surface area contributed by atoms with Crippen molar-refractivity contribution in [2.75, 3.05) is 32.0 Å². The molecule has 3 amide bonds. The van der Waals surface area contributed by atoms with Gasteiger partial charge in [-0.15, -0.1) is 0 Å². The first-order chi connectivity index (χ1) is 13.3. The summed E-state index contributed by atoms with van der Waals surface area (Å²) in [5.74, 6) is -0.114. The van der Waals surface area contributed by atoms with Crippen LogP contribution in [0.3, 0.4) is 0 Å². The summed E-state index contributed by atoms with van der Waals surface area (Å²) in [6.07, 6.45) is -0.885. The van der Waals surface area contributed by atoms with Gasteiger partial charge in [0.25, 0.3) is 0 Å². The molecule has 0 unspecified atom stereocenters. The van der Waals surface area contributed by atoms with Gasteiger partial charge in [0.1, 0.15) is 0 Å². The Labute approximate surface area is 188 Å². The van der Waals surface area contributed by atoms with Crippen molar-refractivity contribution < 1.29 is 61.8 Å². The third-order valence-electron chi connectivity index (χ3n) is 3.11. The smallest absolute Gasteiger partial charge is 0.481 e. The Morgan fingerprint density at radius 1 is 1.00 bits per heavy atom. The number of urea groups is 1. The van der Waals surface area contributed by atoms with Crippen LogP contribution in [0.1, 0.15) is 0 Å². The van der Waals surface area contributed by atoms with Crippen molar-refractivity contribution in [2.24, 2.45) is 0 Å². The van der Waals surface area contributed by atoms with Gasteiger partial charge in [0, 0.05) is 0 Å². The van der Waals surface area contributed by atoms with E-state index in [9.17, 15) is 18.0 Å². The number of para-hydroxylation sites is 1. The number of nitrogens with one attached hydrogen (secondary N) is 2. The number of carbonyl (C=O) groups is 2. The van der Waals surface area contributed by atoms with E-state index in [1.165, 1.54) is 44.6 Å². The molecule has 2 aromatic rings. The number of sulfonamides is 1. The van der Waals surface area contributed by atoms with Crippen molar-refractivity contribution >= 4 is 33.8 Å². The Kier molecular flexibility index (Phi) is 9.10. The van der Waals surface area contributed by atoms with Crippen LogP contribution in [0.2, 0.25) is 0 Å². The summed E-state index contributed by atoms with van der Waals surface area (Å²) in [5, 5.41) is 4.34. The molecular formula is C15H16N5NaO7S. The predicted molar refractivity (Wildman–Crippen MR) is 97.2 cm³/mol. The van der Waals surface area contributed by atoms with Gasteiger partial charge >= 0.3 is 35.7 Å². The third-order valence-corrected chi connectivity index (χ3v) is 4.42. The number of aromatic nitrogens is 2. The van der Waals surface area contributed by atoms with Crippen molar-refractivity contribution in [1.29, 1.82) is 0 Å². The summed E-state index contributed by atoms with van der Waals surface area (Å²) in [4.78, 5) is 30.7. The first-order valence-corrected chi connectivity index (χ1v) is 8.93. The molecule has 0 bridgehead atoms. The van der Waals surface area contributed by atoms with E-state index in [-0.39, 0.29) is 53.0 Å². The van der Waals surface area contributed by atoms with Crippen molar-refractivity contribution in [3.63, 3.8) is 0 Å². The Hall–Kier alpha value is -2.61. The monoisotopic (exact) mass is 433 g/mol. The van der Waals surface area contributed by atoms with Crippen molar-refractivity contribution in [3.05, 3.63) is 35.1 Å². The Balaban J connectivity index is 0.00000420. The van der Waals surface area contributed by atoms with Gasteiger partial charge in [-0.2, -0.15) is 9.97 Å².